The maximum Gasteiger partial charge on any atom is 0.118 e. The standard InChI is InChI=1S/C17H15NO/c1-13(12-18)17(14-6-4-3-5-7-14)15-8-10-16(19-2)11-9-15/h3-11H,1-2H3/b17-13-. The summed E-state index contributed by atoms with van der Waals surface area (Å²) in [6.45, 7) is 1.84. The molecule has 0 aliphatic heterocycles. The number of hydrogen-bond acceptors (Lipinski definition) is 2. The highest BCUT2D eigenvalue weighted by molar-refractivity contribution is 5.83. The fourth-order valence-electron chi connectivity index (χ4n) is 2.02. The van der Waals surface area contributed by atoms with E-state index >= 15 is 0 Å². The molecular weight excluding hydrogens is 234 g/mol. The maximum atomic E-state index is 9.20. The SMILES string of the molecule is COc1ccc(/C(=C(/C)C#N)c2ccccc2)cc1. The molecule has 2 heteroatoms. The zero-order valence-electron chi connectivity index (χ0n) is 11.1. The van der Waals surface area contributed by atoms with E-state index in [1.165, 1.54) is 0 Å². The molecule has 0 aliphatic rings. The third kappa shape index (κ3) is 2.83. The van der Waals surface area contributed by atoms with Crippen molar-refractivity contribution in [1.82, 2.24) is 0 Å². The molecule has 94 valence electrons. The van der Waals surface area contributed by atoms with Crippen LogP contribution in [0.3, 0.4) is 0 Å². The molecule has 0 spiro atoms. The summed E-state index contributed by atoms with van der Waals surface area (Å²) in [6, 6.07) is 19.9. The molecule has 0 aromatic heterocycles. The minimum Gasteiger partial charge on any atom is -0.497 e. The molecule has 0 aliphatic carbocycles. The second-order valence-corrected chi connectivity index (χ2v) is 4.21. The van der Waals surface area contributed by atoms with Gasteiger partial charge in [0.2, 0.25) is 0 Å². The van der Waals surface area contributed by atoms with Crippen molar-refractivity contribution in [2.75, 3.05) is 7.11 Å². The van der Waals surface area contributed by atoms with Crippen molar-refractivity contribution in [3.8, 4) is 11.8 Å². The van der Waals surface area contributed by atoms with Gasteiger partial charge in [-0.3, -0.25) is 0 Å². The lowest BCUT2D eigenvalue weighted by Crippen LogP contribution is -1.92. The highest BCUT2D eigenvalue weighted by Crippen LogP contribution is 2.27. The number of nitrogens with zero attached hydrogens (tertiary/aromatic N) is 1. The zero-order chi connectivity index (χ0) is 13.7. The number of benzene rings is 2. The number of rotatable bonds is 3. The molecule has 0 amide bonds. The van der Waals surface area contributed by atoms with Crippen LogP contribution in [0.1, 0.15) is 18.1 Å². The van der Waals surface area contributed by atoms with Crippen LogP contribution in [0, 0.1) is 11.3 Å². The molecule has 0 radical (unpaired) electrons. The molecule has 2 aromatic rings. The molecule has 0 bridgehead atoms. The van der Waals surface area contributed by atoms with Crippen LogP contribution >= 0.6 is 0 Å². The van der Waals surface area contributed by atoms with Gasteiger partial charge in [-0.1, -0.05) is 42.5 Å². The quantitative estimate of drug-likeness (QED) is 0.769. The second kappa shape index (κ2) is 5.88. The molecule has 0 heterocycles. The van der Waals surface area contributed by atoms with Gasteiger partial charge in [0.1, 0.15) is 5.75 Å². The van der Waals surface area contributed by atoms with Crippen LogP contribution in [0.25, 0.3) is 5.57 Å². The highest BCUT2D eigenvalue weighted by atomic mass is 16.5. The first-order valence-corrected chi connectivity index (χ1v) is 6.07. The van der Waals surface area contributed by atoms with Crippen LogP contribution < -0.4 is 4.74 Å². The first kappa shape index (κ1) is 12.9. The van der Waals surface area contributed by atoms with Gasteiger partial charge in [0.15, 0.2) is 0 Å². The van der Waals surface area contributed by atoms with Crippen LogP contribution in [0.15, 0.2) is 60.2 Å². The van der Waals surface area contributed by atoms with Gasteiger partial charge < -0.3 is 4.74 Å². The minimum absolute atomic E-state index is 0.705. The van der Waals surface area contributed by atoms with Crippen molar-refractivity contribution >= 4 is 5.57 Å². The molecule has 2 nitrogen and oxygen atoms in total. The summed E-state index contributed by atoms with van der Waals surface area (Å²) < 4.78 is 5.16. The van der Waals surface area contributed by atoms with Crippen molar-refractivity contribution < 1.29 is 4.74 Å². The van der Waals surface area contributed by atoms with Crippen molar-refractivity contribution in [3.05, 3.63) is 71.3 Å². The van der Waals surface area contributed by atoms with Crippen LogP contribution in [0.5, 0.6) is 5.75 Å². The molecule has 2 rings (SSSR count). The van der Waals surface area contributed by atoms with Crippen LogP contribution in [0.2, 0.25) is 0 Å². The second-order valence-electron chi connectivity index (χ2n) is 4.21. The average Bonchev–Trinajstić information content (AvgIpc) is 2.49. The smallest absolute Gasteiger partial charge is 0.118 e. The summed E-state index contributed by atoms with van der Waals surface area (Å²) >= 11 is 0. The number of ether oxygens (including phenoxy) is 1. The van der Waals surface area contributed by atoms with Crippen molar-refractivity contribution in [2.24, 2.45) is 0 Å². The number of nitriles is 1. The minimum atomic E-state index is 0.705. The van der Waals surface area contributed by atoms with Crippen molar-refractivity contribution in [1.29, 1.82) is 5.26 Å². The van der Waals surface area contributed by atoms with Gasteiger partial charge in [-0.15, -0.1) is 0 Å². The van der Waals surface area contributed by atoms with Gasteiger partial charge in [-0.25, -0.2) is 0 Å². The van der Waals surface area contributed by atoms with Crippen LogP contribution in [-0.2, 0) is 0 Å². The molecule has 0 N–H and O–H groups in total. The largest absolute Gasteiger partial charge is 0.497 e. The summed E-state index contributed by atoms with van der Waals surface area (Å²) in [6.07, 6.45) is 0. The highest BCUT2D eigenvalue weighted by Gasteiger charge is 2.08. The first-order chi connectivity index (χ1) is 9.26. The summed E-state index contributed by atoms with van der Waals surface area (Å²) in [4.78, 5) is 0. The van der Waals surface area contributed by atoms with Gasteiger partial charge in [0, 0.05) is 11.1 Å². The Balaban J connectivity index is 2.54. The van der Waals surface area contributed by atoms with Gasteiger partial charge in [-0.2, -0.15) is 5.26 Å². The maximum absolute atomic E-state index is 9.20. The predicted octanol–water partition coefficient (Wildman–Crippen LogP) is 4.04. The van der Waals surface area contributed by atoms with E-state index in [-0.39, 0.29) is 0 Å². The number of allylic oxidation sites excluding steroid dienone is 1. The number of methoxy groups -OCH3 is 1. The van der Waals surface area contributed by atoms with Gasteiger partial charge in [0.05, 0.1) is 13.2 Å². The summed E-state index contributed by atoms with van der Waals surface area (Å²) in [5, 5.41) is 9.20. The van der Waals surface area contributed by atoms with Gasteiger partial charge >= 0.3 is 0 Å². The molecular formula is C17H15NO. The molecule has 19 heavy (non-hydrogen) atoms. The van der Waals surface area contributed by atoms with E-state index in [0.717, 1.165) is 22.4 Å². The molecule has 0 saturated heterocycles. The van der Waals surface area contributed by atoms with Crippen molar-refractivity contribution in [3.63, 3.8) is 0 Å². The van der Waals surface area contributed by atoms with Gasteiger partial charge in [-0.05, 0) is 30.2 Å². The lowest BCUT2D eigenvalue weighted by atomic mass is 9.94. The van der Waals surface area contributed by atoms with E-state index in [2.05, 4.69) is 6.07 Å². The third-order valence-electron chi connectivity index (χ3n) is 2.98. The Kier molecular flexibility index (Phi) is 4.00. The normalized spacial score (nSPS) is 11.4. The fourth-order valence-corrected chi connectivity index (χ4v) is 2.02. The molecule has 2 aromatic carbocycles. The topological polar surface area (TPSA) is 33.0 Å². The summed E-state index contributed by atoms with van der Waals surface area (Å²) in [5.74, 6) is 0.811. The predicted molar refractivity (Wildman–Crippen MR) is 76.7 cm³/mol. The fraction of sp³-hybridized carbons (Fsp3) is 0.118. The zero-order valence-corrected chi connectivity index (χ0v) is 11.1. The Hall–Kier alpha value is -2.53. The van der Waals surface area contributed by atoms with Crippen LogP contribution in [0.4, 0.5) is 0 Å². The molecule has 0 unspecified atom stereocenters. The van der Waals surface area contributed by atoms with E-state index < -0.39 is 0 Å². The molecule has 0 saturated carbocycles. The van der Waals surface area contributed by atoms with E-state index in [0.29, 0.717) is 5.57 Å². The van der Waals surface area contributed by atoms with Crippen LogP contribution in [-0.4, -0.2) is 7.11 Å². The van der Waals surface area contributed by atoms with E-state index in [9.17, 15) is 5.26 Å². The Morgan fingerprint density at radius 2 is 1.53 bits per heavy atom. The summed E-state index contributed by atoms with van der Waals surface area (Å²) in [7, 11) is 1.64. The third-order valence-corrected chi connectivity index (χ3v) is 2.98. The van der Waals surface area contributed by atoms with E-state index in [1.807, 2.05) is 61.5 Å². The Labute approximate surface area is 113 Å². The lowest BCUT2D eigenvalue weighted by molar-refractivity contribution is 0.415. The van der Waals surface area contributed by atoms with E-state index in [1.54, 1.807) is 7.11 Å². The first-order valence-electron chi connectivity index (χ1n) is 6.07. The van der Waals surface area contributed by atoms with E-state index in [4.69, 9.17) is 4.74 Å². The lowest BCUT2D eigenvalue weighted by Gasteiger charge is -2.10. The Morgan fingerprint density at radius 3 is 2.05 bits per heavy atom. The summed E-state index contributed by atoms with van der Waals surface area (Å²) in [5.41, 5.74) is 3.74. The Morgan fingerprint density at radius 1 is 0.947 bits per heavy atom. The molecule has 0 fully saturated rings. The van der Waals surface area contributed by atoms with Gasteiger partial charge in [0.25, 0.3) is 0 Å². The monoisotopic (exact) mass is 249 g/mol. The molecule has 0 atom stereocenters. The average molecular weight is 249 g/mol. The van der Waals surface area contributed by atoms with Crippen molar-refractivity contribution in [2.45, 2.75) is 6.92 Å². The number of hydrogen-bond donors (Lipinski definition) is 0. The Bertz CT molecular complexity index is 619.